The van der Waals surface area contributed by atoms with Gasteiger partial charge in [0, 0.05) is 54.3 Å². The van der Waals surface area contributed by atoms with Gasteiger partial charge in [0.1, 0.15) is 5.41 Å². The lowest BCUT2D eigenvalue weighted by Gasteiger charge is -2.52. The summed E-state index contributed by atoms with van der Waals surface area (Å²) in [7, 11) is 0. The summed E-state index contributed by atoms with van der Waals surface area (Å²) < 4.78 is 5.49. The molecule has 2 fully saturated rings. The van der Waals surface area contributed by atoms with Crippen LogP contribution in [0.4, 0.5) is 5.69 Å². The van der Waals surface area contributed by atoms with Crippen molar-refractivity contribution in [3.05, 3.63) is 75.3 Å². The first-order valence-electron chi connectivity index (χ1n) is 13.5. The number of fused-ring (bicyclic) bond motifs is 2. The highest BCUT2D eigenvalue weighted by atomic mass is 35.5. The average Bonchev–Trinajstić information content (AvgIpc) is 3.19. The van der Waals surface area contributed by atoms with Crippen molar-refractivity contribution in [3.8, 4) is 0 Å². The fourth-order valence-electron chi connectivity index (χ4n) is 6.67. The van der Waals surface area contributed by atoms with Crippen LogP contribution in [0.25, 0.3) is 0 Å². The Kier molecular flexibility index (Phi) is 8.15. The molecule has 8 heteroatoms. The first-order valence-corrected chi connectivity index (χ1v) is 14.3. The van der Waals surface area contributed by atoms with Gasteiger partial charge in [0.25, 0.3) is 0 Å². The van der Waals surface area contributed by atoms with Crippen LogP contribution in [0, 0.1) is 0 Å². The molecule has 3 heterocycles. The molecule has 2 aromatic carbocycles. The van der Waals surface area contributed by atoms with Crippen molar-refractivity contribution in [2.24, 2.45) is 0 Å². The van der Waals surface area contributed by atoms with Gasteiger partial charge in [0.05, 0.1) is 19.3 Å². The Balaban J connectivity index is 1.63. The third kappa shape index (κ3) is 4.77. The Labute approximate surface area is 234 Å². The lowest BCUT2D eigenvalue weighted by molar-refractivity contribution is -0.143. The number of piperidine rings is 1. The molecule has 0 bridgehead atoms. The predicted octanol–water partition coefficient (Wildman–Crippen LogP) is 5.65. The van der Waals surface area contributed by atoms with E-state index in [4.69, 9.17) is 27.9 Å². The average molecular weight is 557 g/mol. The summed E-state index contributed by atoms with van der Waals surface area (Å²) in [6.07, 6.45) is 3.87. The standard InChI is InChI=1S/C30H35Cl2N3O3/c1-3-20(4-2)28-30(24-10-9-23(32)18-26(24)33-29(30)37)25(21-7-5-8-22(31)17-21)19-27(36)35(28)12-6-11-34-13-15-38-16-14-34/h3,5,7-10,17-18,25,28H,4,6,11-16,19H2,1-2H3,(H,33,37)/t25-,28+,30-/m1/s1. The number of nitrogens with zero attached hydrogens (tertiary/aromatic N) is 2. The molecule has 6 nitrogen and oxygen atoms in total. The van der Waals surface area contributed by atoms with Crippen molar-refractivity contribution >= 4 is 40.7 Å². The van der Waals surface area contributed by atoms with Crippen molar-refractivity contribution in [1.29, 1.82) is 0 Å². The van der Waals surface area contributed by atoms with E-state index in [1.165, 1.54) is 0 Å². The van der Waals surface area contributed by atoms with Crippen LogP contribution >= 0.6 is 23.2 Å². The molecule has 2 saturated heterocycles. The van der Waals surface area contributed by atoms with Gasteiger partial charge in [-0.2, -0.15) is 0 Å². The summed E-state index contributed by atoms with van der Waals surface area (Å²) in [6.45, 7) is 8.87. The van der Waals surface area contributed by atoms with Crippen molar-refractivity contribution in [2.45, 2.75) is 50.5 Å². The highest BCUT2D eigenvalue weighted by Gasteiger charge is 2.63. The Morgan fingerprint density at radius 1 is 1.11 bits per heavy atom. The van der Waals surface area contributed by atoms with Gasteiger partial charge < -0.3 is 15.0 Å². The van der Waals surface area contributed by atoms with Crippen molar-refractivity contribution in [3.63, 3.8) is 0 Å². The van der Waals surface area contributed by atoms with E-state index in [1.54, 1.807) is 0 Å². The second-order valence-electron chi connectivity index (χ2n) is 10.3. The van der Waals surface area contributed by atoms with E-state index in [0.29, 0.717) is 22.3 Å². The zero-order valence-electron chi connectivity index (χ0n) is 22.0. The maximum Gasteiger partial charge on any atom is 0.238 e. The Bertz CT molecular complexity index is 1240. The molecule has 2 amide bonds. The van der Waals surface area contributed by atoms with Gasteiger partial charge in [-0.3, -0.25) is 14.5 Å². The van der Waals surface area contributed by atoms with Gasteiger partial charge in [-0.1, -0.05) is 60.0 Å². The molecule has 2 aromatic rings. The van der Waals surface area contributed by atoms with Gasteiger partial charge in [-0.05, 0) is 55.2 Å². The van der Waals surface area contributed by atoms with Gasteiger partial charge in [-0.25, -0.2) is 0 Å². The van der Waals surface area contributed by atoms with Gasteiger partial charge >= 0.3 is 0 Å². The SMILES string of the molecule is CC=C(CC)[C@@H]1N(CCCN2CCOCC2)C(=O)C[C@H](c2cccc(Cl)c2)[C@@]12C(=O)Nc1cc(Cl)ccc12. The van der Waals surface area contributed by atoms with Crippen molar-refractivity contribution < 1.29 is 14.3 Å². The zero-order valence-corrected chi connectivity index (χ0v) is 23.5. The van der Waals surface area contributed by atoms with Gasteiger partial charge in [0.15, 0.2) is 0 Å². The van der Waals surface area contributed by atoms with Crippen LogP contribution in [-0.2, 0) is 19.7 Å². The number of hydrogen-bond donors (Lipinski definition) is 1. The van der Waals surface area contributed by atoms with E-state index in [0.717, 1.165) is 62.4 Å². The normalized spacial score (nSPS) is 26.1. The fourth-order valence-corrected chi connectivity index (χ4v) is 7.05. The molecule has 202 valence electrons. The summed E-state index contributed by atoms with van der Waals surface area (Å²) in [4.78, 5) is 32.7. The highest BCUT2D eigenvalue weighted by molar-refractivity contribution is 6.31. The highest BCUT2D eigenvalue weighted by Crippen LogP contribution is 2.57. The number of nitrogens with one attached hydrogen (secondary N) is 1. The van der Waals surface area contributed by atoms with Gasteiger partial charge in [-0.15, -0.1) is 0 Å². The summed E-state index contributed by atoms with van der Waals surface area (Å²) in [5.74, 6) is -0.406. The molecule has 3 aliphatic rings. The van der Waals surface area contributed by atoms with Gasteiger partial charge in [0.2, 0.25) is 11.8 Å². The summed E-state index contributed by atoms with van der Waals surface area (Å²) in [5.41, 5.74) is 2.58. The number of allylic oxidation sites excluding steroid dienone is 1. The Hall–Kier alpha value is -2.38. The summed E-state index contributed by atoms with van der Waals surface area (Å²) in [6, 6.07) is 12.8. The predicted molar refractivity (Wildman–Crippen MR) is 152 cm³/mol. The zero-order chi connectivity index (χ0) is 26.9. The molecule has 3 aliphatic heterocycles. The molecular weight excluding hydrogens is 521 g/mol. The number of hydrogen-bond acceptors (Lipinski definition) is 4. The molecule has 0 saturated carbocycles. The summed E-state index contributed by atoms with van der Waals surface area (Å²) in [5, 5.41) is 4.30. The van der Waals surface area contributed by atoms with E-state index in [2.05, 4.69) is 23.2 Å². The Morgan fingerprint density at radius 2 is 1.87 bits per heavy atom. The van der Waals surface area contributed by atoms with E-state index in [-0.39, 0.29) is 24.2 Å². The van der Waals surface area contributed by atoms with Crippen LogP contribution < -0.4 is 5.32 Å². The number of ether oxygens (including phenoxy) is 1. The third-order valence-electron chi connectivity index (χ3n) is 8.40. The fraction of sp³-hybridized carbons (Fsp3) is 0.467. The molecule has 1 N–H and O–H groups in total. The minimum absolute atomic E-state index is 0.0654. The number of morpholine rings is 1. The van der Waals surface area contributed by atoms with Crippen LogP contribution in [-0.4, -0.2) is 67.0 Å². The molecule has 1 spiro atoms. The number of carbonyl (C=O) groups excluding carboxylic acids is 2. The number of amides is 2. The smallest absolute Gasteiger partial charge is 0.238 e. The largest absolute Gasteiger partial charge is 0.379 e. The van der Waals surface area contributed by atoms with Crippen LogP contribution in [0.3, 0.4) is 0 Å². The second kappa shape index (κ2) is 11.4. The Morgan fingerprint density at radius 3 is 2.58 bits per heavy atom. The van der Waals surface area contributed by atoms with E-state index in [1.807, 2.05) is 54.3 Å². The molecule has 0 aliphatic carbocycles. The van der Waals surface area contributed by atoms with Crippen LogP contribution in [0.5, 0.6) is 0 Å². The first kappa shape index (κ1) is 27.2. The van der Waals surface area contributed by atoms with Crippen LogP contribution in [0.15, 0.2) is 54.1 Å². The lowest BCUT2D eigenvalue weighted by atomic mass is 9.58. The molecule has 3 atom stereocenters. The topological polar surface area (TPSA) is 61.9 Å². The number of carbonyl (C=O) groups is 2. The maximum atomic E-state index is 14.3. The monoisotopic (exact) mass is 555 g/mol. The van der Waals surface area contributed by atoms with Crippen molar-refractivity contribution in [2.75, 3.05) is 44.7 Å². The molecule has 5 rings (SSSR count). The number of benzene rings is 2. The third-order valence-corrected chi connectivity index (χ3v) is 8.87. The second-order valence-corrected chi connectivity index (χ2v) is 11.2. The van der Waals surface area contributed by atoms with Crippen LogP contribution in [0.1, 0.15) is 50.2 Å². The molecule has 0 radical (unpaired) electrons. The number of rotatable bonds is 7. The number of halogens is 2. The molecule has 0 aromatic heterocycles. The minimum atomic E-state index is -1.00. The number of anilines is 1. The summed E-state index contributed by atoms with van der Waals surface area (Å²) >= 11 is 12.8. The molecular formula is C30H35Cl2N3O3. The van der Waals surface area contributed by atoms with Crippen LogP contribution in [0.2, 0.25) is 10.0 Å². The molecule has 38 heavy (non-hydrogen) atoms. The molecule has 0 unspecified atom stereocenters. The lowest BCUT2D eigenvalue weighted by Crippen LogP contribution is -2.64. The maximum absolute atomic E-state index is 14.3. The number of likely N-dealkylation sites (tertiary alicyclic amines) is 1. The van der Waals surface area contributed by atoms with E-state index in [9.17, 15) is 9.59 Å². The van der Waals surface area contributed by atoms with Crippen molar-refractivity contribution in [1.82, 2.24) is 9.80 Å². The van der Waals surface area contributed by atoms with E-state index >= 15 is 0 Å². The van der Waals surface area contributed by atoms with E-state index < -0.39 is 11.5 Å². The quantitative estimate of drug-likeness (QED) is 0.448. The minimum Gasteiger partial charge on any atom is -0.379 e. The first-order chi connectivity index (χ1) is 18.4.